The summed E-state index contributed by atoms with van der Waals surface area (Å²) in [4.78, 5) is 4.71. The van der Waals surface area contributed by atoms with Crippen molar-refractivity contribution in [2.24, 2.45) is 0 Å². The molecule has 3 nitrogen and oxygen atoms in total. The quantitative estimate of drug-likeness (QED) is 0.239. The van der Waals surface area contributed by atoms with Crippen LogP contribution in [0.2, 0.25) is 0 Å². The topological polar surface area (TPSA) is 35.5 Å². The zero-order valence-electron chi connectivity index (χ0n) is 8.13. The average Bonchev–Trinajstić information content (AvgIpc) is 2.02. The van der Waals surface area contributed by atoms with Gasteiger partial charge in [-0.05, 0) is 6.42 Å². The zero-order valence-corrected chi connectivity index (χ0v) is 11.3. The molecule has 0 saturated heterocycles. The third-order valence-corrected chi connectivity index (χ3v) is 5.56. The van der Waals surface area contributed by atoms with E-state index < -0.39 is 10.9 Å². The number of hydrogen-bond donors (Lipinski definition) is 0. The van der Waals surface area contributed by atoms with Gasteiger partial charge in [-0.15, -0.1) is 0 Å². The Labute approximate surface area is 99.4 Å². The first kappa shape index (κ1) is 15.0. The van der Waals surface area contributed by atoms with Gasteiger partial charge in [-0.25, -0.2) is 4.89 Å². The molecule has 0 aromatic carbocycles. The molecule has 0 N–H and O–H groups in total. The Morgan fingerprint density at radius 3 is 2.29 bits per heavy atom. The molecule has 0 spiro atoms. The summed E-state index contributed by atoms with van der Waals surface area (Å²) in [7, 11) is -3.35. The lowest BCUT2D eigenvalue weighted by molar-refractivity contribution is -0.205. The molecule has 0 aliphatic carbocycles. The van der Waals surface area contributed by atoms with Crippen molar-refractivity contribution in [3.05, 3.63) is 0 Å². The van der Waals surface area contributed by atoms with Crippen LogP contribution in [0.4, 0.5) is 0 Å². The average molecular weight is 284 g/mol. The molecule has 86 valence electrons. The largest absolute Gasteiger partial charge is 0.286 e. The van der Waals surface area contributed by atoms with Crippen LogP contribution < -0.4 is 0 Å². The first-order valence-corrected chi connectivity index (χ1v) is 7.47. The van der Waals surface area contributed by atoms with Crippen molar-refractivity contribution in [3.8, 4) is 0 Å². The van der Waals surface area contributed by atoms with Crippen LogP contribution in [0.25, 0.3) is 0 Å². The van der Waals surface area contributed by atoms with E-state index in [1.54, 1.807) is 0 Å². The highest BCUT2D eigenvalue weighted by molar-refractivity contribution is 7.66. The van der Waals surface area contributed by atoms with Gasteiger partial charge in [-0.3, -0.25) is 4.57 Å². The molecule has 0 bridgehead atoms. The Kier molecular flexibility index (Phi) is 7.05. The maximum absolute atomic E-state index is 11.5. The van der Waals surface area contributed by atoms with Crippen molar-refractivity contribution < 1.29 is 14.1 Å². The summed E-state index contributed by atoms with van der Waals surface area (Å²) in [5, 5.41) is 0. The van der Waals surface area contributed by atoms with Gasteiger partial charge in [0.05, 0.1) is 6.61 Å². The predicted molar refractivity (Wildman–Crippen MR) is 60.4 cm³/mol. The summed E-state index contributed by atoms with van der Waals surface area (Å²) in [5.74, 6) is 0. The lowest BCUT2D eigenvalue weighted by atomic mass is 10.3. The molecular formula is C7H14Cl3O3P. The van der Waals surface area contributed by atoms with E-state index in [1.807, 2.05) is 0 Å². The SMILES string of the molecule is CCCCCOOP(C)(=O)C(Cl)(Cl)Cl. The fourth-order valence-electron chi connectivity index (χ4n) is 0.591. The second kappa shape index (κ2) is 6.57. The normalized spacial score (nSPS) is 16.6. The molecular weight excluding hydrogens is 269 g/mol. The molecule has 0 rings (SSSR count). The van der Waals surface area contributed by atoms with Crippen molar-refractivity contribution in [2.75, 3.05) is 13.3 Å². The van der Waals surface area contributed by atoms with Gasteiger partial charge < -0.3 is 0 Å². The highest BCUT2D eigenvalue weighted by atomic mass is 35.6. The molecule has 7 heteroatoms. The monoisotopic (exact) mass is 282 g/mol. The van der Waals surface area contributed by atoms with Gasteiger partial charge in [0, 0.05) is 6.66 Å². The minimum Gasteiger partial charge on any atom is -0.286 e. The number of halogens is 3. The third kappa shape index (κ3) is 5.79. The summed E-state index contributed by atoms with van der Waals surface area (Å²) >= 11 is 16.3. The van der Waals surface area contributed by atoms with E-state index in [4.69, 9.17) is 39.7 Å². The lowest BCUT2D eigenvalue weighted by Gasteiger charge is -2.19. The van der Waals surface area contributed by atoms with Gasteiger partial charge in [-0.1, -0.05) is 54.6 Å². The van der Waals surface area contributed by atoms with Crippen molar-refractivity contribution in [3.63, 3.8) is 0 Å². The second-order valence-corrected chi connectivity index (χ2v) is 8.50. The Hall–Kier alpha value is 1.02. The minimum absolute atomic E-state index is 0.354. The van der Waals surface area contributed by atoms with Gasteiger partial charge in [0.25, 0.3) is 10.9 Å². The first-order valence-electron chi connectivity index (χ1n) is 4.27. The fraction of sp³-hybridized carbons (Fsp3) is 1.00. The maximum Gasteiger partial charge on any atom is 0.281 e. The van der Waals surface area contributed by atoms with Crippen molar-refractivity contribution in [1.29, 1.82) is 0 Å². The van der Waals surface area contributed by atoms with Crippen LogP contribution in [-0.4, -0.2) is 16.8 Å². The standard InChI is InChI=1S/C7H14Cl3O3P/c1-3-4-5-6-12-13-14(2,11)7(8,9)10/h3-6H2,1-2H3. The highest BCUT2D eigenvalue weighted by Gasteiger charge is 2.42. The van der Waals surface area contributed by atoms with Crippen LogP contribution in [-0.2, 0) is 14.1 Å². The van der Waals surface area contributed by atoms with E-state index in [0.717, 1.165) is 19.3 Å². The van der Waals surface area contributed by atoms with Crippen LogP contribution in [0.15, 0.2) is 0 Å². The summed E-state index contributed by atoms with van der Waals surface area (Å²) in [5.41, 5.74) is 0. The summed E-state index contributed by atoms with van der Waals surface area (Å²) in [6.07, 6.45) is 2.92. The molecule has 14 heavy (non-hydrogen) atoms. The zero-order chi connectivity index (χ0) is 11.2. The van der Waals surface area contributed by atoms with Gasteiger partial charge >= 0.3 is 0 Å². The van der Waals surface area contributed by atoms with Gasteiger partial charge in [0.1, 0.15) is 0 Å². The molecule has 0 aromatic rings. The summed E-state index contributed by atoms with van der Waals surface area (Å²) in [6.45, 7) is 3.64. The Morgan fingerprint density at radius 2 is 1.86 bits per heavy atom. The van der Waals surface area contributed by atoms with Crippen molar-refractivity contribution in [1.82, 2.24) is 0 Å². The molecule has 0 aliphatic heterocycles. The van der Waals surface area contributed by atoms with Gasteiger partial charge in [0.2, 0.25) is 0 Å². The Morgan fingerprint density at radius 1 is 1.29 bits per heavy atom. The van der Waals surface area contributed by atoms with E-state index in [2.05, 4.69) is 11.6 Å². The minimum atomic E-state index is -3.35. The fourth-order valence-corrected chi connectivity index (χ4v) is 1.20. The van der Waals surface area contributed by atoms with Gasteiger partial charge in [0.15, 0.2) is 0 Å². The molecule has 0 amide bonds. The van der Waals surface area contributed by atoms with Crippen LogP contribution >= 0.6 is 42.2 Å². The molecule has 1 atom stereocenters. The van der Waals surface area contributed by atoms with Gasteiger partial charge in [-0.2, -0.15) is 4.67 Å². The van der Waals surface area contributed by atoms with Crippen LogP contribution in [0, 0.1) is 0 Å². The van der Waals surface area contributed by atoms with E-state index in [9.17, 15) is 4.57 Å². The van der Waals surface area contributed by atoms with E-state index in [0.29, 0.717) is 6.61 Å². The molecule has 0 fully saturated rings. The number of rotatable bonds is 6. The third-order valence-electron chi connectivity index (χ3n) is 1.49. The number of hydrogen-bond acceptors (Lipinski definition) is 3. The summed E-state index contributed by atoms with van der Waals surface area (Å²) in [6, 6.07) is 0. The van der Waals surface area contributed by atoms with Crippen molar-refractivity contribution >= 4 is 42.2 Å². The lowest BCUT2D eigenvalue weighted by Crippen LogP contribution is -2.07. The van der Waals surface area contributed by atoms with E-state index in [1.165, 1.54) is 6.66 Å². The van der Waals surface area contributed by atoms with Crippen LogP contribution in [0.1, 0.15) is 26.2 Å². The molecule has 0 heterocycles. The van der Waals surface area contributed by atoms with Crippen molar-refractivity contribution in [2.45, 2.75) is 29.7 Å². The molecule has 0 aliphatic rings. The smallest absolute Gasteiger partial charge is 0.281 e. The number of alkyl halides is 3. The molecule has 0 saturated carbocycles. The van der Waals surface area contributed by atoms with E-state index >= 15 is 0 Å². The van der Waals surface area contributed by atoms with Crippen LogP contribution in [0.3, 0.4) is 0 Å². The molecule has 0 radical (unpaired) electrons. The Bertz CT molecular complexity index is 205. The second-order valence-electron chi connectivity index (χ2n) is 2.92. The maximum atomic E-state index is 11.5. The predicted octanol–water partition coefficient (Wildman–Crippen LogP) is 4.36. The molecule has 0 aromatic heterocycles. The number of unbranched alkanes of at least 4 members (excludes halogenated alkanes) is 2. The first-order chi connectivity index (χ1) is 6.31. The molecule has 1 unspecified atom stereocenters. The van der Waals surface area contributed by atoms with E-state index in [-0.39, 0.29) is 0 Å². The highest BCUT2D eigenvalue weighted by Crippen LogP contribution is 2.63. The summed E-state index contributed by atoms with van der Waals surface area (Å²) < 4.78 is 14.2. The van der Waals surface area contributed by atoms with Crippen LogP contribution in [0.5, 0.6) is 0 Å². The Balaban J connectivity index is 3.73.